The number of hydrogen-bond acceptors (Lipinski definition) is 8. The molecule has 2 aliphatic rings. The molecular weight excluding hydrogens is 480 g/mol. The number of hydrogen-bond donors (Lipinski definition) is 2. The van der Waals surface area contributed by atoms with E-state index in [4.69, 9.17) is 14.2 Å². The summed E-state index contributed by atoms with van der Waals surface area (Å²) < 4.78 is 19.2. The normalized spacial score (nSPS) is 21.3. The van der Waals surface area contributed by atoms with Crippen LogP contribution < -0.4 is 14.8 Å². The highest BCUT2D eigenvalue weighted by Gasteiger charge is 2.29. The summed E-state index contributed by atoms with van der Waals surface area (Å²) in [5.74, 6) is 1.10. The number of rotatable bonds is 5. The van der Waals surface area contributed by atoms with Crippen molar-refractivity contribution in [3.05, 3.63) is 30.1 Å². The van der Waals surface area contributed by atoms with Crippen LogP contribution in [-0.2, 0) is 22.7 Å². The van der Waals surface area contributed by atoms with Crippen LogP contribution in [0.3, 0.4) is 0 Å². The minimum Gasteiger partial charge on any atom is -0.486 e. The molecule has 1 aromatic carbocycles. The quantitative estimate of drug-likeness (QED) is 0.614. The number of aliphatic hydroxyl groups is 1. The monoisotopic (exact) mass is 516 g/mol. The molecule has 2 aromatic rings. The number of aryl methyl sites for hydroxylation is 1. The number of aromatic nitrogens is 3. The molecule has 0 unspecified atom stereocenters. The number of fused-ring (bicyclic) bond motifs is 2. The maximum Gasteiger partial charge on any atom is 0.321 e. The van der Waals surface area contributed by atoms with Crippen LogP contribution in [0.15, 0.2) is 24.4 Å². The average molecular weight is 517 g/mol. The second kappa shape index (κ2) is 12.2. The zero-order valence-corrected chi connectivity index (χ0v) is 21.6. The maximum atomic E-state index is 13.0. The van der Waals surface area contributed by atoms with Crippen LogP contribution in [0, 0.1) is 5.92 Å². The van der Waals surface area contributed by atoms with Gasteiger partial charge in [-0.15, -0.1) is 5.10 Å². The molecule has 2 N–H and O–H groups in total. The molecule has 12 nitrogen and oxygen atoms in total. The largest absolute Gasteiger partial charge is 0.486 e. The highest BCUT2D eigenvalue weighted by molar-refractivity contribution is 5.89. The van der Waals surface area contributed by atoms with E-state index < -0.39 is 0 Å². The molecule has 2 aliphatic heterocycles. The minimum atomic E-state index is -0.389. The molecule has 0 saturated carbocycles. The molecule has 0 saturated heterocycles. The molecule has 37 heavy (non-hydrogen) atoms. The number of anilines is 1. The average Bonchev–Trinajstić information content (AvgIpc) is 3.35. The van der Waals surface area contributed by atoms with Crippen molar-refractivity contribution in [2.24, 2.45) is 5.92 Å². The van der Waals surface area contributed by atoms with Crippen molar-refractivity contribution in [2.75, 3.05) is 45.3 Å². The summed E-state index contributed by atoms with van der Waals surface area (Å²) in [6, 6.07) is 4.65. The molecule has 3 heterocycles. The van der Waals surface area contributed by atoms with Gasteiger partial charge in [0.05, 0.1) is 37.3 Å². The van der Waals surface area contributed by atoms with Crippen LogP contribution in [0.2, 0.25) is 0 Å². The van der Waals surface area contributed by atoms with Crippen LogP contribution in [-0.4, -0.2) is 93.9 Å². The predicted octanol–water partition coefficient (Wildman–Crippen LogP) is 1.74. The third-order valence-electron chi connectivity index (χ3n) is 6.73. The van der Waals surface area contributed by atoms with Crippen molar-refractivity contribution in [1.82, 2.24) is 24.8 Å². The Labute approximate surface area is 216 Å². The van der Waals surface area contributed by atoms with E-state index in [1.54, 1.807) is 45.9 Å². The number of likely N-dealkylation sites (N-methyl/N-ethyl adjacent to an activating group) is 1. The predicted molar refractivity (Wildman–Crippen MR) is 134 cm³/mol. The van der Waals surface area contributed by atoms with Gasteiger partial charge in [0.25, 0.3) is 0 Å². The lowest BCUT2D eigenvalue weighted by molar-refractivity contribution is -0.136. The van der Waals surface area contributed by atoms with Crippen LogP contribution in [0.4, 0.5) is 10.5 Å². The highest BCUT2D eigenvalue weighted by atomic mass is 16.6. The molecule has 3 amide bonds. The number of amides is 3. The Hall–Kier alpha value is -3.38. The Morgan fingerprint density at radius 1 is 1.30 bits per heavy atom. The van der Waals surface area contributed by atoms with E-state index >= 15 is 0 Å². The molecular formula is C25H36N6O6. The van der Waals surface area contributed by atoms with Gasteiger partial charge in [0.1, 0.15) is 13.2 Å². The molecule has 4 rings (SSSR count). The summed E-state index contributed by atoms with van der Waals surface area (Å²) in [5.41, 5.74) is 1.41. The van der Waals surface area contributed by atoms with Gasteiger partial charge in [-0.3, -0.25) is 4.79 Å². The maximum absolute atomic E-state index is 13.0. The SMILES string of the molecule is C[C@@H]1CN([C@H](C)CO)C(=O)CCCn2nncc2CO[C@@H]1CN(C)C(=O)Nc1ccc2c(c1)OCCO2. The van der Waals surface area contributed by atoms with E-state index in [0.717, 1.165) is 5.69 Å². The summed E-state index contributed by atoms with van der Waals surface area (Å²) in [7, 11) is 1.70. The van der Waals surface area contributed by atoms with Gasteiger partial charge in [0.2, 0.25) is 5.91 Å². The summed E-state index contributed by atoms with van der Waals surface area (Å²) in [6.45, 7) is 6.16. The van der Waals surface area contributed by atoms with E-state index in [0.29, 0.717) is 56.3 Å². The Morgan fingerprint density at radius 3 is 2.86 bits per heavy atom. The molecule has 202 valence electrons. The number of nitrogens with zero attached hydrogens (tertiary/aromatic N) is 5. The standard InChI is InChI=1S/C25H36N6O6/c1-17-13-30(18(2)15-32)24(33)5-4-8-31-20(12-26-28-31)16-37-23(17)14-29(3)25(34)27-19-6-7-21-22(11-19)36-10-9-35-21/h6-7,11-12,17-18,23,32H,4-5,8-10,13-16H2,1-3H3,(H,27,34)/t17-,18-,23-/m1/s1. The fourth-order valence-electron chi connectivity index (χ4n) is 4.44. The number of aliphatic hydroxyl groups excluding tert-OH is 1. The first kappa shape index (κ1) is 26.7. The van der Waals surface area contributed by atoms with E-state index in [1.807, 2.05) is 13.8 Å². The van der Waals surface area contributed by atoms with Gasteiger partial charge in [-0.25, -0.2) is 9.48 Å². The third-order valence-corrected chi connectivity index (χ3v) is 6.73. The van der Waals surface area contributed by atoms with Crippen LogP contribution in [0.1, 0.15) is 32.4 Å². The lowest BCUT2D eigenvalue weighted by Crippen LogP contribution is -2.48. The number of carbonyl (C=O) groups excluding carboxylic acids is 2. The number of urea groups is 1. The first-order chi connectivity index (χ1) is 17.9. The van der Waals surface area contributed by atoms with Gasteiger partial charge < -0.3 is 34.4 Å². The van der Waals surface area contributed by atoms with Crippen molar-refractivity contribution < 1.29 is 28.9 Å². The fraction of sp³-hybridized carbons (Fsp3) is 0.600. The summed E-state index contributed by atoms with van der Waals surface area (Å²) >= 11 is 0. The Bertz CT molecular complexity index is 1080. The molecule has 0 aliphatic carbocycles. The van der Waals surface area contributed by atoms with Crippen molar-refractivity contribution in [1.29, 1.82) is 0 Å². The number of benzene rings is 1. The van der Waals surface area contributed by atoms with Crippen molar-refractivity contribution in [2.45, 2.75) is 52.0 Å². The molecule has 1 aromatic heterocycles. The van der Waals surface area contributed by atoms with Gasteiger partial charge >= 0.3 is 6.03 Å². The summed E-state index contributed by atoms with van der Waals surface area (Å²) in [4.78, 5) is 29.3. The molecule has 0 bridgehead atoms. The molecule has 3 atom stereocenters. The zero-order valence-electron chi connectivity index (χ0n) is 21.6. The van der Waals surface area contributed by atoms with Crippen molar-refractivity contribution >= 4 is 17.6 Å². The number of ether oxygens (including phenoxy) is 3. The van der Waals surface area contributed by atoms with Crippen LogP contribution >= 0.6 is 0 Å². The van der Waals surface area contributed by atoms with Gasteiger partial charge in [0.15, 0.2) is 11.5 Å². The highest BCUT2D eigenvalue weighted by Crippen LogP contribution is 2.32. The van der Waals surface area contributed by atoms with Gasteiger partial charge in [-0.05, 0) is 25.5 Å². The smallest absolute Gasteiger partial charge is 0.321 e. The third kappa shape index (κ3) is 6.69. The van der Waals surface area contributed by atoms with Crippen molar-refractivity contribution in [3.8, 4) is 11.5 Å². The van der Waals surface area contributed by atoms with Crippen molar-refractivity contribution in [3.63, 3.8) is 0 Å². The Kier molecular flexibility index (Phi) is 8.82. The zero-order chi connectivity index (χ0) is 26.4. The lowest BCUT2D eigenvalue weighted by Gasteiger charge is -2.35. The van der Waals surface area contributed by atoms with Gasteiger partial charge in [-0.2, -0.15) is 0 Å². The van der Waals surface area contributed by atoms with E-state index in [9.17, 15) is 14.7 Å². The Balaban J connectivity index is 1.47. The van der Waals surface area contributed by atoms with E-state index in [1.165, 1.54) is 0 Å². The number of nitrogens with one attached hydrogen (secondary N) is 1. The molecule has 12 heteroatoms. The van der Waals surface area contributed by atoms with E-state index in [2.05, 4.69) is 15.6 Å². The lowest BCUT2D eigenvalue weighted by atomic mass is 10.0. The van der Waals surface area contributed by atoms with Crippen LogP contribution in [0.25, 0.3) is 0 Å². The van der Waals surface area contributed by atoms with Crippen LogP contribution in [0.5, 0.6) is 11.5 Å². The fourth-order valence-corrected chi connectivity index (χ4v) is 4.44. The summed E-state index contributed by atoms with van der Waals surface area (Å²) in [6.07, 6.45) is 2.23. The number of carbonyl (C=O) groups is 2. The second-order valence-electron chi connectivity index (χ2n) is 9.63. The van der Waals surface area contributed by atoms with Gasteiger partial charge in [0, 0.05) is 50.8 Å². The summed E-state index contributed by atoms with van der Waals surface area (Å²) in [5, 5.41) is 20.8. The Morgan fingerprint density at radius 2 is 2.08 bits per heavy atom. The molecule has 0 radical (unpaired) electrons. The molecule has 0 fully saturated rings. The topological polar surface area (TPSA) is 131 Å². The first-order valence-electron chi connectivity index (χ1n) is 12.7. The second-order valence-corrected chi connectivity index (χ2v) is 9.63. The minimum absolute atomic E-state index is 0.0286. The van der Waals surface area contributed by atoms with E-state index in [-0.39, 0.29) is 49.8 Å². The first-order valence-corrected chi connectivity index (χ1v) is 12.7. The van der Waals surface area contributed by atoms with Gasteiger partial charge in [-0.1, -0.05) is 12.1 Å². The molecule has 0 spiro atoms.